The molecule has 0 aromatic carbocycles. The summed E-state index contributed by atoms with van der Waals surface area (Å²) >= 11 is 0. The van der Waals surface area contributed by atoms with Crippen molar-refractivity contribution in [3.63, 3.8) is 0 Å². The number of hydrogen-bond acceptors (Lipinski definition) is 1. The Morgan fingerprint density at radius 2 is 1.77 bits per heavy atom. The fourth-order valence-corrected chi connectivity index (χ4v) is 1.62. The van der Waals surface area contributed by atoms with E-state index in [-0.39, 0.29) is 23.9 Å². The van der Waals surface area contributed by atoms with Crippen molar-refractivity contribution in [3.05, 3.63) is 6.42 Å². The molecule has 0 unspecified atom stereocenters. The van der Waals surface area contributed by atoms with Crippen LogP contribution in [0.15, 0.2) is 0 Å². The molecule has 0 saturated heterocycles. The fourth-order valence-electron chi connectivity index (χ4n) is 0.574. The topological polar surface area (TPSA) is 9.23 Å². The molecule has 0 radical (unpaired) electrons. The minimum Gasteiger partial charge on any atom is -0.694 e. The third-order valence-corrected chi connectivity index (χ3v) is 7.03. The van der Waals surface area contributed by atoms with E-state index in [0.717, 1.165) is 0 Å². The van der Waals surface area contributed by atoms with Gasteiger partial charge in [-0.05, 0) is 24.6 Å². The molecular weight excluding hydrogens is 171 g/mol. The molecular formula is C10H19LiOSi. The van der Waals surface area contributed by atoms with Crippen molar-refractivity contribution in [2.75, 3.05) is 6.61 Å². The van der Waals surface area contributed by atoms with Gasteiger partial charge in [-0.25, -0.2) is 0 Å². The predicted octanol–water partition coefficient (Wildman–Crippen LogP) is -0.00791. The normalized spacial score (nSPS) is 11.7. The molecule has 13 heavy (non-hydrogen) atoms. The Kier molecular flexibility index (Phi) is 7.21. The molecule has 0 rings (SSSR count). The molecule has 0 saturated carbocycles. The van der Waals surface area contributed by atoms with Crippen LogP contribution in [0, 0.1) is 12.3 Å². The Hall–Kier alpha value is 0.334. The molecule has 3 heteroatoms. The van der Waals surface area contributed by atoms with Crippen LogP contribution in [0.3, 0.4) is 0 Å². The summed E-state index contributed by atoms with van der Waals surface area (Å²) in [5.41, 5.74) is 0. The molecule has 0 bridgehead atoms. The first-order chi connectivity index (χ1) is 5.31. The molecule has 0 heterocycles. The van der Waals surface area contributed by atoms with E-state index in [4.69, 9.17) is 10.8 Å². The second kappa shape index (κ2) is 5.94. The van der Waals surface area contributed by atoms with Gasteiger partial charge in [0.05, 0.1) is 0 Å². The van der Waals surface area contributed by atoms with Gasteiger partial charge in [0.2, 0.25) is 0 Å². The fraction of sp³-hybridized carbons (Fsp3) is 0.800. The first-order valence-electron chi connectivity index (χ1n) is 4.35. The zero-order valence-electron chi connectivity index (χ0n) is 9.82. The van der Waals surface area contributed by atoms with Crippen LogP contribution in [0.4, 0.5) is 0 Å². The van der Waals surface area contributed by atoms with Crippen molar-refractivity contribution in [1.82, 2.24) is 0 Å². The van der Waals surface area contributed by atoms with E-state index in [1.54, 1.807) is 0 Å². The summed E-state index contributed by atoms with van der Waals surface area (Å²) < 4.78 is 5.79. The van der Waals surface area contributed by atoms with Gasteiger partial charge in [-0.15, -0.1) is 0 Å². The average Bonchev–Trinajstić information content (AvgIpc) is 1.85. The third kappa shape index (κ3) is 5.60. The van der Waals surface area contributed by atoms with Gasteiger partial charge in [-0.2, -0.15) is 0 Å². The van der Waals surface area contributed by atoms with E-state index in [9.17, 15) is 0 Å². The van der Waals surface area contributed by atoms with Crippen molar-refractivity contribution in [3.8, 4) is 5.92 Å². The van der Waals surface area contributed by atoms with E-state index >= 15 is 0 Å². The van der Waals surface area contributed by atoms with Gasteiger partial charge in [-0.1, -0.05) is 20.8 Å². The van der Waals surface area contributed by atoms with Gasteiger partial charge in [0.1, 0.15) is 0 Å². The summed E-state index contributed by atoms with van der Waals surface area (Å²) in [5.74, 6) is 2.34. The molecule has 0 spiro atoms. The molecule has 0 aliphatic heterocycles. The molecule has 0 fully saturated rings. The Morgan fingerprint density at radius 1 is 1.31 bits per heavy atom. The van der Waals surface area contributed by atoms with Crippen molar-refractivity contribution in [2.24, 2.45) is 0 Å². The van der Waals surface area contributed by atoms with Gasteiger partial charge >= 0.3 is 18.9 Å². The van der Waals surface area contributed by atoms with Crippen molar-refractivity contribution in [2.45, 2.75) is 45.3 Å². The van der Waals surface area contributed by atoms with Crippen molar-refractivity contribution in [1.29, 1.82) is 0 Å². The van der Waals surface area contributed by atoms with Crippen molar-refractivity contribution >= 4 is 8.32 Å². The molecule has 0 aliphatic rings. The maximum Gasteiger partial charge on any atom is 1.00 e. The predicted molar refractivity (Wildman–Crippen MR) is 54.9 cm³/mol. The van der Waals surface area contributed by atoms with Crippen LogP contribution < -0.4 is 18.9 Å². The molecule has 0 aromatic heterocycles. The van der Waals surface area contributed by atoms with Crippen LogP contribution in [-0.2, 0) is 4.43 Å². The van der Waals surface area contributed by atoms with Crippen LogP contribution >= 0.6 is 0 Å². The van der Waals surface area contributed by atoms with Crippen LogP contribution in [0.25, 0.3) is 0 Å². The van der Waals surface area contributed by atoms with E-state index in [1.807, 2.05) is 0 Å². The molecule has 70 valence electrons. The Morgan fingerprint density at radius 3 is 2.08 bits per heavy atom. The number of rotatable bonds is 3. The summed E-state index contributed by atoms with van der Waals surface area (Å²) in [6, 6.07) is 0. The van der Waals surface area contributed by atoms with E-state index < -0.39 is 8.32 Å². The Labute approximate surface area is 95.9 Å². The zero-order chi connectivity index (χ0) is 9.83. The largest absolute Gasteiger partial charge is 1.00 e. The maximum absolute atomic E-state index is 6.75. The van der Waals surface area contributed by atoms with Crippen LogP contribution in [-0.4, -0.2) is 14.9 Å². The summed E-state index contributed by atoms with van der Waals surface area (Å²) in [4.78, 5) is 0. The minimum absolute atomic E-state index is 0. The average molecular weight is 190 g/mol. The van der Waals surface area contributed by atoms with E-state index in [1.165, 1.54) is 0 Å². The SMILES string of the molecule is [C-]#CCCO[Si](C)(C)C(C)(C)C.[Li+]. The van der Waals surface area contributed by atoms with Gasteiger partial charge < -0.3 is 16.8 Å². The Balaban J connectivity index is 0. The summed E-state index contributed by atoms with van der Waals surface area (Å²) in [6.07, 6.45) is 7.37. The molecule has 0 aliphatic carbocycles. The van der Waals surface area contributed by atoms with Gasteiger partial charge in [0.25, 0.3) is 0 Å². The summed E-state index contributed by atoms with van der Waals surface area (Å²) in [7, 11) is -1.57. The Bertz CT molecular complexity index is 176. The van der Waals surface area contributed by atoms with Gasteiger partial charge in [0.15, 0.2) is 8.32 Å². The van der Waals surface area contributed by atoms with Crippen LogP contribution in [0.2, 0.25) is 18.1 Å². The standard InChI is InChI=1S/C10H19OSi.Li/c1-7-8-9-11-12(5,6)10(2,3)4;/h8-9H2,2-6H3;/q-1;+1. The molecule has 0 aromatic rings. The van der Waals surface area contributed by atoms with Crippen LogP contribution in [0.5, 0.6) is 0 Å². The van der Waals surface area contributed by atoms with E-state index in [2.05, 4.69) is 39.8 Å². The third-order valence-electron chi connectivity index (χ3n) is 2.50. The quantitative estimate of drug-likeness (QED) is 0.263. The van der Waals surface area contributed by atoms with E-state index in [0.29, 0.717) is 13.0 Å². The molecule has 0 atom stereocenters. The first kappa shape index (κ1) is 15.8. The number of hydrogen-bond donors (Lipinski definition) is 0. The van der Waals surface area contributed by atoms with Gasteiger partial charge in [0, 0.05) is 6.61 Å². The molecule has 1 nitrogen and oxygen atoms in total. The molecule has 0 N–H and O–H groups in total. The second-order valence-corrected chi connectivity index (χ2v) is 9.34. The minimum atomic E-state index is -1.57. The maximum atomic E-state index is 6.75. The summed E-state index contributed by atoms with van der Waals surface area (Å²) in [5, 5.41) is 0.273. The summed E-state index contributed by atoms with van der Waals surface area (Å²) in [6.45, 7) is 11.7. The zero-order valence-corrected chi connectivity index (χ0v) is 10.8. The second-order valence-electron chi connectivity index (χ2n) is 4.54. The monoisotopic (exact) mass is 190 g/mol. The molecule has 0 amide bonds. The van der Waals surface area contributed by atoms with Crippen molar-refractivity contribution < 1.29 is 23.3 Å². The smallest absolute Gasteiger partial charge is 0.694 e. The van der Waals surface area contributed by atoms with Gasteiger partial charge in [-0.3, -0.25) is 0 Å². The first-order valence-corrected chi connectivity index (χ1v) is 7.25. The van der Waals surface area contributed by atoms with Crippen LogP contribution in [0.1, 0.15) is 27.2 Å².